The van der Waals surface area contributed by atoms with Gasteiger partial charge in [0.15, 0.2) is 0 Å². The number of hydrogen-bond donors (Lipinski definition) is 1. The number of nitriles is 1. The van der Waals surface area contributed by atoms with Crippen LogP contribution < -0.4 is 5.32 Å². The van der Waals surface area contributed by atoms with E-state index in [0.717, 1.165) is 22.0 Å². The summed E-state index contributed by atoms with van der Waals surface area (Å²) in [7, 11) is 0. The first-order valence-corrected chi connectivity index (χ1v) is 9.78. The molecular formula is C23H24F2N4O. The Bertz CT molecular complexity index is 1090. The van der Waals surface area contributed by atoms with Gasteiger partial charge in [-0.25, -0.2) is 0 Å². The third-order valence-corrected chi connectivity index (χ3v) is 5.16. The molecule has 0 spiro atoms. The van der Waals surface area contributed by atoms with E-state index in [0.29, 0.717) is 18.4 Å². The highest BCUT2D eigenvalue weighted by Gasteiger charge is 2.35. The summed E-state index contributed by atoms with van der Waals surface area (Å²) in [6.07, 6.45) is 1.63. The van der Waals surface area contributed by atoms with Crippen molar-refractivity contribution < 1.29 is 13.6 Å². The van der Waals surface area contributed by atoms with Gasteiger partial charge in [-0.3, -0.25) is 9.48 Å². The van der Waals surface area contributed by atoms with Crippen LogP contribution >= 0.6 is 0 Å². The highest BCUT2D eigenvalue weighted by atomic mass is 19.3. The Kier molecular flexibility index (Phi) is 5.88. The van der Waals surface area contributed by atoms with Crippen LogP contribution in [0.5, 0.6) is 0 Å². The van der Waals surface area contributed by atoms with Gasteiger partial charge in [-0.2, -0.15) is 19.1 Å². The molecule has 0 radical (unpaired) electrons. The predicted molar refractivity (Wildman–Crippen MR) is 111 cm³/mol. The molecule has 156 valence electrons. The summed E-state index contributed by atoms with van der Waals surface area (Å²) >= 11 is 0. The lowest BCUT2D eigenvalue weighted by atomic mass is 9.95. The first-order valence-electron chi connectivity index (χ1n) is 9.78. The Balaban J connectivity index is 2.08. The Morgan fingerprint density at radius 2 is 1.77 bits per heavy atom. The monoisotopic (exact) mass is 410 g/mol. The molecule has 0 bridgehead atoms. The van der Waals surface area contributed by atoms with Crippen molar-refractivity contribution in [1.82, 2.24) is 15.1 Å². The lowest BCUT2D eigenvalue weighted by Gasteiger charge is -2.28. The fraction of sp³-hybridized carbons (Fsp3) is 0.348. The molecule has 1 heterocycles. The molecule has 0 aliphatic heterocycles. The normalized spacial score (nSPS) is 13.8. The Morgan fingerprint density at radius 1 is 1.13 bits per heavy atom. The average molecular weight is 410 g/mol. The summed E-state index contributed by atoms with van der Waals surface area (Å²) in [4.78, 5) is 11.9. The molecule has 3 rings (SSSR count). The van der Waals surface area contributed by atoms with Gasteiger partial charge in [0.25, 0.3) is 5.91 Å². The van der Waals surface area contributed by atoms with Crippen LogP contribution in [-0.2, 0) is 4.79 Å². The van der Waals surface area contributed by atoms with Crippen molar-refractivity contribution in [3.63, 3.8) is 0 Å². The summed E-state index contributed by atoms with van der Waals surface area (Å²) in [6, 6.07) is 14.0. The third-order valence-electron chi connectivity index (χ3n) is 5.16. The summed E-state index contributed by atoms with van der Waals surface area (Å²) in [5.74, 6) is -4.46. The predicted octanol–water partition coefficient (Wildman–Crippen LogP) is 4.78. The molecule has 5 nitrogen and oxygen atoms in total. The van der Waals surface area contributed by atoms with Crippen molar-refractivity contribution in [3.8, 4) is 6.07 Å². The largest absolute Gasteiger partial charge is 0.346 e. The molecule has 0 saturated carbocycles. The molecule has 1 amide bonds. The number of alkyl halides is 2. The van der Waals surface area contributed by atoms with E-state index in [1.54, 1.807) is 36.0 Å². The molecule has 3 aromatic rings. The van der Waals surface area contributed by atoms with E-state index in [9.17, 15) is 13.6 Å². The van der Waals surface area contributed by atoms with Gasteiger partial charge >= 0.3 is 5.92 Å². The van der Waals surface area contributed by atoms with Crippen molar-refractivity contribution in [2.24, 2.45) is 0 Å². The number of fused-ring (bicyclic) bond motifs is 1. The zero-order valence-corrected chi connectivity index (χ0v) is 17.4. The van der Waals surface area contributed by atoms with Crippen LogP contribution in [0.3, 0.4) is 0 Å². The molecule has 0 aliphatic rings. The number of rotatable bonds is 6. The standard InChI is InChI=1S/C23H24F2N4O/c1-14(2)17-6-8-18(9-7-17)21(15(3)28-22(30)23(4,24)25)29-20-10-5-16(12-26)11-19(20)13-27-29/h5-11,13-15,21H,1-4H3,(H,28,30)/t15-,21-/m0/s1. The van der Waals surface area contributed by atoms with E-state index in [2.05, 4.69) is 30.3 Å². The minimum absolute atomic E-state index is 0.350. The van der Waals surface area contributed by atoms with Gasteiger partial charge in [0.1, 0.15) is 0 Å². The smallest absolute Gasteiger partial charge is 0.321 e. The van der Waals surface area contributed by atoms with Crippen molar-refractivity contribution in [2.45, 2.75) is 51.6 Å². The van der Waals surface area contributed by atoms with Crippen molar-refractivity contribution >= 4 is 16.8 Å². The molecule has 1 aromatic heterocycles. The van der Waals surface area contributed by atoms with Gasteiger partial charge in [-0.15, -0.1) is 0 Å². The maximum Gasteiger partial charge on any atom is 0.321 e. The number of amides is 1. The minimum atomic E-state index is -3.48. The first kappa shape index (κ1) is 21.4. The van der Waals surface area contributed by atoms with Crippen molar-refractivity contribution in [2.75, 3.05) is 0 Å². The van der Waals surface area contributed by atoms with Gasteiger partial charge in [-0.05, 0) is 42.2 Å². The maximum absolute atomic E-state index is 13.5. The van der Waals surface area contributed by atoms with Crippen LogP contribution in [0.15, 0.2) is 48.7 Å². The second-order valence-electron chi connectivity index (χ2n) is 7.89. The van der Waals surface area contributed by atoms with E-state index in [4.69, 9.17) is 5.26 Å². The van der Waals surface area contributed by atoms with Crippen LogP contribution in [0.2, 0.25) is 0 Å². The zero-order valence-electron chi connectivity index (χ0n) is 17.4. The number of nitrogens with one attached hydrogen (secondary N) is 1. The van der Waals surface area contributed by atoms with Crippen molar-refractivity contribution in [1.29, 1.82) is 5.26 Å². The fourth-order valence-corrected chi connectivity index (χ4v) is 3.48. The van der Waals surface area contributed by atoms with Crippen LogP contribution in [0.1, 0.15) is 56.3 Å². The number of aromatic nitrogens is 2. The maximum atomic E-state index is 13.5. The molecule has 7 heteroatoms. The molecule has 0 aliphatic carbocycles. The number of halogens is 2. The highest BCUT2D eigenvalue weighted by molar-refractivity contribution is 5.83. The summed E-state index contributed by atoms with van der Waals surface area (Å²) < 4.78 is 28.7. The number of carbonyl (C=O) groups excluding carboxylic acids is 1. The average Bonchev–Trinajstić information content (AvgIpc) is 3.10. The molecule has 0 unspecified atom stereocenters. The Morgan fingerprint density at radius 3 is 2.33 bits per heavy atom. The third kappa shape index (κ3) is 4.33. The number of benzene rings is 2. The van der Waals surface area contributed by atoms with Crippen LogP contribution in [0, 0.1) is 11.3 Å². The van der Waals surface area contributed by atoms with E-state index >= 15 is 0 Å². The number of nitrogens with zero attached hydrogens (tertiary/aromatic N) is 3. The zero-order chi connectivity index (χ0) is 22.1. The van der Waals surface area contributed by atoms with Gasteiger partial charge in [0.05, 0.1) is 35.4 Å². The SMILES string of the molecule is CC(C)c1ccc([C@H]([C@H](C)NC(=O)C(C)(F)F)n2ncc3cc(C#N)ccc32)cc1. The molecule has 0 saturated heterocycles. The lowest BCUT2D eigenvalue weighted by molar-refractivity contribution is -0.143. The summed E-state index contributed by atoms with van der Waals surface area (Å²) in [6.45, 7) is 6.44. The number of hydrogen-bond acceptors (Lipinski definition) is 3. The van der Waals surface area contributed by atoms with Gasteiger partial charge in [-0.1, -0.05) is 38.1 Å². The van der Waals surface area contributed by atoms with Gasteiger partial charge < -0.3 is 5.32 Å². The lowest BCUT2D eigenvalue weighted by Crippen LogP contribution is -2.46. The summed E-state index contributed by atoms with van der Waals surface area (Å²) in [5.41, 5.74) is 3.24. The molecule has 2 atom stereocenters. The molecule has 30 heavy (non-hydrogen) atoms. The minimum Gasteiger partial charge on any atom is -0.346 e. The van der Waals surface area contributed by atoms with Gasteiger partial charge in [0.2, 0.25) is 0 Å². The highest BCUT2D eigenvalue weighted by Crippen LogP contribution is 2.29. The molecular weight excluding hydrogens is 386 g/mol. The molecule has 0 fully saturated rings. The van der Waals surface area contributed by atoms with Crippen LogP contribution in [0.25, 0.3) is 10.9 Å². The summed E-state index contributed by atoms with van der Waals surface area (Å²) in [5, 5.41) is 16.8. The van der Waals surface area contributed by atoms with E-state index in [1.165, 1.54) is 0 Å². The van der Waals surface area contributed by atoms with E-state index in [1.807, 2.05) is 24.3 Å². The quantitative estimate of drug-likeness (QED) is 0.636. The van der Waals surface area contributed by atoms with Crippen LogP contribution in [0.4, 0.5) is 8.78 Å². The Hall–Kier alpha value is -3.27. The van der Waals surface area contributed by atoms with Crippen molar-refractivity contribution in [3.05, 3.63) is 65.4 Å². The fourth-order valence-electron chi connectivity index (χ4n) is 3.48. The molecule has 2 aromatic carbocycles. The van der Waals surface area contributed by atoms with Crippen LogP contribution in [-0.4, -0.2) is 27.7 Å². The molecule has 1 N–H and O–H groups in total. The second kappa shape index (κ2) is 8.23. The topological polar surface area (TPSA) is 70.7 Å². The Labute approximate surface area is 174 Å². The number of carbonyl (C=O) groups is 1. The van der Waals surface area contributed by atoms with Gasteiger partial charge in [0, 0.05) is 12.3 Å². The van der Waals surface area contributed by atoms with E-state index < -0.39 is 23.9 Å². The second-order valence-corrected chi connectivity index (χ2v) is 7.89. The van der Waals surface area contributed by atoms with E-state index in [-0.39, 0.29) is 0 Å². The first-order chi connectivity index (χ1) is 14.1.